The summed E-state index contributed by atoms with van der Waals surface area (Å²) < 4.78 is 12.3. The fraction of sp³-hybridized carbons (Fsp3) is 0.348. The van der Waals surface area contributed by atoms with E-state index in [9.17, 15) is 9.59 Å². The van der Waals surface area contributed by atoms with E-state index in [-0.39, 0.29) is 18.2 Å². The molecule has 33 heavy (non-hydrogen) atoms. The second-order valence-corrected chi connectivity index (χ2v) is 7.75. The molecule has 4 rings (SSSR count). The van der Waals surface area contributed by atoms with E-state index in [0.717, 1.165) is 30.5 Å². The molecule has 3 aromatic rings. The van der Waals surface area contributed by atoms with Gasteiger partial charge in [-0.05, 0) is 53.5 Å². The van der Waals surface area contributed by atoms with Crippen LogP contribution < -0.4 is 14.8 Å². The summed E-state index contributed by atoms with van der Waals surface area (Å²) in [6.45, 7) is 1.41. The average molecular weight is 450 g/mol. The number of amides is 2. The van der Waals surface area contributed by atoms with Gasteiger partial charge >= 0.3 is 0 Å². The Bertz CT molecular complexity index is 1110. The van der Waals surface area contributed by atoms with Crippen LogP contribution in [0, 0.1) is 0 Å². The third kappa shape index (κ3) is 5.11. The molecular formula is C23H26N6O4. The lowest BCUT2D eigenvalue weighted by molar-refractivity contribution is -0.115. The van der Waals surface area contributed by atoms with Gasteiger partial charge in [-0.1, -0.05) is 12.1 Å². The number of nitrogens with zero attached hydrogens (tertiary/aromatic N) is 5. The average Bonchev–Trinajstić information content (AvgIpc) is 3.39. The minimum Gasteiger partial charge on any atom is -0.493 e. The number of carbonyl (C=O) groups is 2. The van der Waals surface area contributed by atoms with Crippen molar-refractivity contribution in [2.75, 3.05) is 32.6 Å². The number of ether oxygens (including phenoxy) is 2. The highest BCUT2D eigenvalue weighted by Crippen LogP contribution is 2.34. The highest BCUT2D eigenvalue weighted by Gasteiger charge is 2.24. The molecule has 2 heterocycles. The van der Waals surface area contributed by atoms with E-state index >= 15 is 0 Å². The van der Waals surface area contributed by atoms with Crippen molar-refractivity contribution < 1.29 is 19.1 Å². The molecule has 1 aliphatic heterocycles. The van der Waals surface area contributed by atoms with Crippen molar-refractivity contribution in [3.05, 3.63) is 53.9 Å². The summed E-state index contributed by atoms with van der Waals surface area (Å²) in [5, 5.41) is 14.0. The quantitative estimate of drug-likeness (QED) is 0.589. The molecule has 10 heteroatoms. The molecule has 2 amide bonds. The fourth-order valence-corrected chi connectivity index (χ4v) is 3.85. The van der Waals surface area contributed by atoms with Crippen LogP contribution in [0.15, 0.2) is 42.7 Å². The molecule has 0 unspecified atom stereocenters. The molecule has 0 saturated carbocycles. The number of hydrogen-bond donors (Lipinski definition) is 1. The monoisotopic (exact) mass is 450 g/mol. The van der Waals surface area contributed by atoms with Crippen molar-refractivity contribution in [1.82, 2.24) is 25.1 Å². The summed E-state index contributed by atoms with van der Waals surface area (Å²) in [5.41, 5.74) is 2.39. The predicted octanol–water partition coefficient (Wildman–Crippen LogP) is 2.49. The summed E-state index contributed by atoms with van der Waals surface area (Å²) >= 11 is 0. The van der Waals surface area contributed by atoms with Crippen LogP contribution in [0.4, 0.5) is 5.69 Å². The van der Waals surface area contributed by atoms with E-state index in [1.54, 1.807) is 12.1 Å². The highest BCUT2D eigenvalue weighted by molar-refractivity contribution is 6.05. The Balaban J connectivity index is 1.54. The Morgan fingerprint density at radius 3 is 2.33 bits per heavy atom. The summed E-state index contributed by atoms with van der Waals surface area (Å²) in [6.07, 6.45) is 4.70. The lowest BCUT2D eigenvalue weighted by atomic mass is 10.1. The first-order valence-electron chi connectivity index (χ1n) is 10.8. The number of rotatable bonds is 7. The van der Waals surface area contributed by atoms with E-state index in [1.165, 1.54) is 25.2 Å². The van der Waals surface area contributed by atoms with Crippen molar-refractivity contribution >= 4 is 17.5 Å². The number of piperidine rings is 1. The Kier molecular flexibility index (Phi) is 6.82. The molecule has 1 aromatic heterocycles. The van der Waals surface area contributed by atoms with Crippen molar-refractivity contribution in [3.63, 3.8) is 0 Å². The minimum absolute atomic E-state index is 0.128. The van der Waals surface area contributed by atoms with Crippen LogP contribution in [0.5, 0.6) is 11.5 Å². The third-order valence-corrected chi connectivity index (χ3v) is 5.59. The van der Waals surface area contributed by atoms with Gasteiger partial charge in [-0.15, -0.1) is 5.10 Å². The second-order valence-electron chi connectivity index (χ2n) is 7.75. The van der Waals surface area contributed by atoms with Crippen LogP contribution in [0.3, 0.4) is 0 Å². The number of aromatic nitrogens is 4. The molecule has 172 valence electrons. The van der Waals surface area contributed by atoms with E-state index in [1.807, 2.05) is 29.2 Å². The standard InChI is InChI=1S/C23H26N6O4/c1-32-20-13-18(23(31)28-10-4-3-5-11-28)19(14-21(20)33-2)25-22(30)12-16-6-8-17(9-7-16)29-15-24-26-27-29/h6-9,13-15H,3-5,10-12H2,1-2H3,(H,25,30). The van der Waals surface area contributed by atoms with E-state index in [2.05, 4.69) is 20.8 Å². The molecule has 1 N–H and O–H groups in total. The maximum Gasteiger partial charge on any atom is 0.256 e. The van der Waals surface area contributed by atoms with Crippen LogP contribution in [-0.2, 0) is 11.2 Å². The first-order valence-corrected chi connectivity index (χ1v) is 10.8. The number of methoxy groups -OCH3 is 2. The topological polar surface area (TPSA) is 111 Å². The SMILES string of the molecule is COc1cc(NC(=O)Cc2ccc(-n3cnnn3)cc2)c(C(=O)N2CCCCC2)cc1OC. The van der Waals surface area contributed by atoms with Crippen LogP contribution in [0.25, 0.3) is 5.69 Å². The van der Waals surface area contributed by atoms with Gasteiger partial charge in [-0.3, -0.25) is 9.59 Å². The van der Waals surface area contributed by atoms with E-state index in [4.69, 9.17) is 9.47 Å². The van der Waals surface area contributed by atoms with Gasteiger partial charge in [0.15, 0.2) is 11.5 Å². The second kappa shape index (κ2) is 10.1. The van der Waals surface area contributed by atoms with Gasteiger partial charge in [0, 0.05) is 19.2 Å². The maximum atomic E-state index is 13.2. The Labute approximate surface area is 191 Å². The Hall–Kier alpha value is -3.95. The van der Waals surface area contributed by atoms with Crippen LogP contribution in [0.2, 0.25) is 0 Å². The highest BCUT2D eigenvalue weighted by atomic mass is 16.5. The van der Waals surface area contributed by atoms with Gasteiger partial charge in [-0.2, -0.15) is 0 Å². The number of carbonyl (C=O) groups excluding carboxylic acids is 2. The molecule has 0 spiro atoms. The molecule has 2 aromatic carbocycles. The lowest BCUT2D eigenvalue weighted by Crippen LogP contribution is -2.36. The Morgan fingerprint density at radius 1 is 1.00 bits per heavy atom. The smallest absolute Gasteiger partial charge is 0.256 e. The first kappa shape index (κ1) is 22.3. The minimum atomic E-state index is -0.245. The number of benzene rings is 2. The van der Waals surface area contributed by atoms with Gasteiger partial charge in [0.05, 0.1) is 37.6 Å². The molecular weight excluding hydrogens is 424 g/mol. The number of tetrazole rings is 1. The van der Waals surface area contributed by atoms with Gasteiger partial charge < -0.3 is 19.7 Å². The van der Waals surface area contributed by atoms with Gasteiger partial charge in [-0.25, -0.2) is 4.68 Å². The van der Waals surface area contributed by atoms with Gasteiger partial charge in [0.25, 0.3) is 5.91 Å². The third-order valence-electron chi connectivity index (χ3n) is 5.59. The summed E-state index contributed by atoms with van der Waals surface area (Å²) in [5.74, 6) is 0.504. The normalized spacial score (nSPS) is 13.5. The zero-order valence-electron chi connectivity index (χ0n) is 18.7. The van der Waals surface area contributed by atoms with Crippen molar-refractivity contribution in [1.29, 1.82) is 0 Å². The zero-order chi connectivity index (χ0) is 23.2. The van der Waals surface area contributed by atoms with Crippen molar-refractivity contribution in [3.8, 4) is 17.2 Å². The van der Waals surface area contributed by atoms with Gasteiger partial charge in [0.2, 0.25) is 5.91 Å². The summed E-state index contributed by atoms with van der Waals surface area (Å²) in [4.78, 5) is 27.9. The van der Waals surface area contributed by atoms with Gasteiger partial charge in [0.1, 0.15) is 6.33 Å². The molecule has 1 aliphatic rings. The molecule has 1 saturated heterocycles. The van der Waals surface area contributed by atoms with Crippen LogP contribution in [-0.4, -0.2) is 64.2 Å². The van der Waals surface area contributed by atoms with E-state index < -0.39 is 0 Å². The van der Waals surface area contributed by atoms with Crippen molar-refractivity contribution in [2.45, 2.75) is 25.7 Å². The molecule has 0 bridgehead atoms. The Morgan fingerprint density at radius 2 is 1.70 bits per heavy atom. The largest absolute Gasteiger partial charge is 0.493 e. The maximum absolute atomic E-state index is 13.2. The molecule has 1 fully saturated rings. The van der Waals surface area contributed by atoms with Crippen LogP contribution in [0.1, 0.15) is 35.2 Å². The molecule has 10 nitrogen and oxygen atoms in total. The fourth-order valence-electron chi connectivity index (χ4n) is 3.85. The van der Waals surface area contributed by atoms with Crippen LogP contribution >= 0.6 is 0 Å². The number of nitrogens with one attached hydrogen (secondary N) is 1. The first-order chi connectivity index (χ1) is 16.1. The van der Waals surface area contributed by atoms with Crippen molar-refractivity contribution in [2.24, 2.45) is 0 Å². The molecule has 0 aliphatic carbocycles. The number of hydrogen-bond acceptors (Lipinski definition) is 7. The molecule has 0 radical (unpaired) electrons. The molecule has 0 atom stereocenters. The zero-order valence-corrected chi connectivity index (χ0v) is 18.7. The summed E-state index contributed by atoms with van der Waals surface area (Å²) in [6, 6.07) is 10.6. The van der Waals surface area contributed by atoms with E-state index in [0.29, 0.717) is 35.8 Å². The number of likely N-dealkylation sites (tertiary alicyclic amines) is 1. The predicted molar refractivity (Wildman–Crippen MR) is 121 cm³/mol. The summed E-state index contributed by atoms with van der Waals surface area (Å²) in [7, 11) is 3.03. The number of anilines is 1. The lowest BCUT2D eigenvalue weighted by Gasteiger charge is -2.28.